The molecule has 0 heterocycles. The van der Waals surface area contributed by atoms with E-state index in [2.05, 4.69) is 10.1 Å². The molecule has 0 amide bonds. The summed E-state index contributed by atoms with van der Waals surface area (Å²) in [4.78, 5) is 21.7. The van der Waals surface area contributed by atoms with E-state index in [1.54, 1.807) is 19.1 Å². The van der Waals surface area contributed by atoms with Crippen molar-refractivity contribution in [3.05, 3.63) is 39.9 Å². The summed E-state index contributed by atoms with van der Waals surface area (Å²) < 4.78 is 4.65. The topological polar surface area (TPSA) is 81.5 Å². The molecule has 1 N–H and O–H groups in total. The predicted molar refractivity (Wildman–Crippen MR) is 70.7 cm³/mol. The lowest BCUT2D eigenvalue weighted by molar-refractivity contribution is -0.384. The number of hydrogen-bond acceptors (Lipinski definition) is 5. The van der Waals surface area contributed by atoms with Crippen LogP contribution in [0, 0.1) is 10.1 Å². The van der Waals surface area contributed by atoms with Crippen molar-refractivity contribution < 1.29 is 14.5 Å². The van der Waals surface area contributed by atoms with Crippen molar-refractivity contribution in [1.82, 2.24) is 5.32 Å². The van der Waals surface area contributed by atoms with Gasteiger partial charge in [-0.1, -0.05) is 19.1 Å². The second kappa shape index (κ2) is 6.84. The van der Waals surface area contributed by atoms with E-state index >= 15 is 0 Å². The molecule has 0 bridgehead atoms. The number of nitro groups is 1. The number of carbonyl (C=O) groups excluding carboxylic acids is 1. The van der Waals surface area contributed by atoms with Gasteiger partial charge in [0.2, 0.25) is 0 Å². The maximum Gasteiger partial charge on any atom is 0.322 e. The second-order valence-electron chi connectivity index (χ2n) is 4.22. The predicted octanol–water partition coefficient (Wildman–Crippen LogP) is 2.20. The molecule has 2 unspecified atom stereocenters. The third-order valence-corrected chi connectivity index (χ3v) is 2.90. The van der Waals surface area contributed by atoms with Crippen molar-refractivity contribution in [1.29, 1.82) is 0 Å². The quantitative estimate of drug-likeness (QED) is 0.485. The fourth-order valence-corrected chi connectivity index (χ4v) is 1.85. The minimum absolute atomic E-state index is 0.0449. The number of nitro benzene ring substituents is 1. The molecule has 0 saturated carbocycles. The zero-order valence-electron chi connectivity index (χ0n) is 11.3. The second-order valence-corrected chi connectivity index (χ2v) is 4.22. The van der Waals surface area contributed by atoms with Crippen LogP contribution in [0.25, 0.3) is 0 Å². The monoisotopic (exact) mass is 266 g/mol. The Morgan fingerprint density at radius 2 is 2.21 bits per heavy atom. The molecule has 1 aromatic carbocycles. The molecule has 0 radical (unpaired) electrons. The van der Waals surface area contributed by atoms with Crippen molar-refractivity contribution in [2.45, 2.75) is 32.4 Å². The van der Waals surface area contributed by atoms with Crippen LogP contribution in [-0.4, -0.2) is 24.0 Å². The first-order chi connectivity index (χ1) is 8.99. The van der Waals surface area contributed by atoms with Crippen LogP contribution in [0.3, 0.4) is 0 Å². The highest BCUT2D eigenvalue weighted by atomic mass is 16.6. The van der Waals surface area contributed by atoms with Gasteiger partial charge in [0.15, 0.2) is 0 Å². The van der Waals surface area contributed by atoms with Gasteiger partial charge in [-0.3, -0.25) is 20.2 Å². The number of methoxy groups -OCH3 is 1. The van der Waals surface area contributed by atoms with Crippen LogP contribution >= 0.6 is 0 Å². The fraction of sp³-hybridized carbons (Fsp3) is 0.462. The Morgan fingerprint density at radius 1 is 1.53 bits per heavy atom. The first-order valence-corrected chi connectivity index (χ1v) is 6.07. The Hall–Kier alpha value is -1.95. The molecule has 0 aliphatic carbocycles. The summed E-state index contributed by atoms with van der Waals surface area (Å²) in [6.07, 6.45) is 0.711. The Bertz CT molecular complexity index is 462. The van der Waals surface area contributed by atoms with Crippen LogP contribution < -0.4 is 5.32 Å². The molecule has 0 spiro atoms. The number of hydrogen-bond donors (Lipinski definition) is 1. The third kappa shape index (κ3) is 4.03. The highest BCUT2D eigenvalue weighted by Crippen LogP contribution is 2.22. The average molecular weight is 266 g/mol. The van der Waals surface area contributed by atoms with Crippen LogP contribution in [0.1, 0.15) is 31.9 Å². The number of nitrogens with zero attached hydrogens (tertiary/aromatic N) is 1. The molecule has 6 nitrogen and oxygen atoms in total. The average Bonchev–Trinajstić information content (AvgIpc) is 2.43. The number of rotatable bonds is 6. The van der Waals surface area contributed by atoms with Gasteiger partial charge < -0.3 is 4.74 Å². The lowest BCUT2D eigenvalue weighted by Gasteiger charge is -2.21. The number of esters is 1. The smallest absolute Gasteiger partial charge is 0.322 e. The maximum absolute atomic E-state index is 11.4. The normalized spacial score (nSPS) is 13.6. The minimum Gasteiger partial charge on any atom is -0.468 e. The van der Waals surface area contributed by atoms with Crippen molar-refractivity contribution >= 4 is 11.7 Å². The van der Waals surface area contributed by atoms with Gasteiger partial charge in [-0.05, 0) is 18.9 Å². The summed E-state index contributed by atoms with van der Waals surface area (Å²) in [5, 5.41) is 13.9. The van der Waals surface area contributed by atoms with Crippen LogP contribution in [-0.2, 0) is 9.53 Å². The molecule has 2 atom stereocenters. The van der Waals surface area contributed by atoms with Gasteiger partial charge in [0.1, 0.15) is 6.04 Å². The zero-order valence-corrected chi connectivity index (χ0v) is 11.3. The minimum atomic E-state index is -0.464. The first kappa shape index (κ1) is 15.1. The molecule has 0 saturated heterocycles. The lowest BCUT2D eigenvalue weighted by atomic mass is 10.0. The van der Waals surface area contributed by atoms with Crippen LogP contribution in [0.15, 0.2) is 24.3 Å². The largest absolute Gasteiger partial charge is 0.468 e. The first-order valence-electron chi connectivity index (χ1n) is 6.07. The Kier molecular flexibility index (Phi) is 5.44. The standard InChI is InChI=1S/C13H18N2O4/c1-4-12(14-9(2)13(16)19-3)10-6-5-7-11(8-10)15(17)18/h5-9,12,14H,4H2,1-3H3. The van der Waals surface area contributed by atoms with E-state index in [0.29, 0.717) is 6.42 Å². The highest BCUT2D eigenvalue weighted by Gasteiger charge is 2.19. The molecular formula is C13H18N2O4. The van der Waals surface area contributed by atoms with E-state index in [-0.39, 0.29) is 17.7 Å². The SMILES string of the molecule is CCC(NC(C)C(=O)OC)c1cccc([N+](=O)[O-])c1. The van der Waals surface area contributed by atoms with Crippen molar-refractivity contribution in [3.63, 3.8) is 0 Å². The molecule has 1 rings (SSSR count). The Labute approximate surface area is 111 Å². The summed E-state index contributed by atoms with van der Waals surface area (Å²) in [5.74, 6) is -0.358. The molecule has 6 heteroatoms. The zero-order chi connectivity index (χ0) is 14.4. The van der Waals surface area contributed by atoms with E-state index in [1.165, 1.54) is 19.2 Å². The lowest BCUT2D eigenvalue weighted by Crippen LogP contribution is -2.37. The molecular weight excluding hydrogens is 248 g/mol. The molecule has 19 heavy (non-hydrogen) atoms. The van der Waals surface area contributed by atoms with E-state index in [9.17, 15) is 14.9 Å². The molecule has 104 valence electrons. The van der Waals surface area contributed by atoms with Crippen molar-refractivity contribution in [3.8, 4) is 0 Å². The molecule has 0 aromatic heterocycles. The van der Waals surface area contributed by atoms with Crippen LogP contribution in [0.2, 0.25) is 0 Å². The van der Waals surface area contributed by atoms with E-state index < -0.39 is 11.0 Å². The summed E-state index contributed by atoms with van der Waals surface area (Å²) >= 11 is 0. The molecule has 0 aliphatic rings. The van der Waals surface area contributed by atoms with Crippen LogP contribution in [0.5, 0.6) is 0 Å². The van der Waals surface area contributed by atoms with E-state index in [1.807, 2.05) is 6.92 Å². The number of non-ortho nitro benzene ring substituents is 1. The fourth-order valence-electron chi connectivity index (χ4n) is 1.85. The number of carbonyl (C=O) groups is 1. The summed E-state index contributed by atoms with van der Waals surface area (Å²) in [6, 6.07) is 5.81. The van der Waals surface area contributed by atoms with Crippen molar-refractivity contribution in [2.75, 3.05) is 7.11 Å². The number of ether oxygens (including phenoxy) is 1. The summed E-state index contributed by atoms with van der Waals surface area (Å²) in [6.45, 7) is 3.65. The highest BCUT2D eigenvalue weighted by molar-refractivity contribution is 5.75. The summed E-state index contributed by atoms with van der Waals surface area (Å²) in [7, 11) is 1.33. The van der Waals surface area contributed by atoms with Crippen LogP contribution in [0.4, 0.5) is 5.69 Å². The van der Waals surface area contributed by atoms with Gasteiger partial charge >= 0.3 is 5.97 Å². The number of nitrogens with one attached hydrogen (secondary N) is 1. The van der Waals surface area contributed by atoms with E-state index in [0.717, 1.165) is 5.56 Å². The Balaban J connectivity index is 2.88. The Morgan fingerprint density at radius 3 is 2.74 bits per heavy atom. The third-order valence-electron chi connectivity index (χ3n) is 2.90. The van der Waals surface area contributed by atoms with Gasteiger partial charge in [-0.2, -0.15) is 0 Å². The van der Waals surface area contributed by atoms with Gasteiger partial charge in [0.25, 0.3) is 5.69 Å². The van der Waals surface area contributed by atoms with Gasteiger partial charge in [0, 0.05) is 18.2 Å². The van der Waals surface area contributed by atoms with Gasteiger partial charge in [0.05, 0.1) is 12.0 Å². The molecule has 0 aliphatic heterocycles. The van der Waals surface area contributed by atoms with Gasteiger partial charge in [-0.15, -0.1) is 0 Å². The van der Waals surface area contributed by atoms with Gasteiger partial charge in [-0.25, -0.2) is 0 Å². The molecule has 0 fully saturated rings. The van der Waals surface area contributed by atoms with E-state index in [4.69, 9.17) is 0 Å². The maximum atomic E-state index is 11.4. The van der Waals surface area contributed by atoms with Crippen molar-refractivity contribution in [2.24, 2.45) is 0 Å². The summed E-state index contributed by atoms with van der Waals surface area (Å²) in [5.41, 5.74) is 0.830. The number of benzene rings is 1. The molecule has 1 aromatic rings.